The first-order chi connectivity index (χ1) is 14.7. The number of nitrogens with one attached hydrogen (secondary N) is 2. The molecule has 4 atom stereocenters. The monoisotopic (exact) mass is 443 g/mol. The summed E-state index contributed by atoms with van der Waals surface area (Å²) in [5, 5.41) is 12.5. The van der Waals surface area contributed by atoms with Gasteiger partial charge in [0.25, 0.3) is 0 Å². The van der Waals surface area contributed by atoms with Gasteiger partial charge in [0.15, 0.2) is 0 Å². The largest absolute Gasteiger partial charge is 0.371 e. The van der Waals surface area contributed by atoms with Crippen LogP contribution in [0.4, 0.5) is 5.95 Å². The van der Waals surface area contributed by atoms with Crippen LogP contribution >= 0.6 is 0 Å². The molecule has 2 aliphatic heterocycles. The highest BCUT2D eigenvalue weighted by Gasteiger charge is 2.49. The first kappa shape index (κ1) is 21.6. The smallest absolute Gasteiger partial charge is 0.242 e. The molecule has 1 aromatic heterocycles. The average molecular weight is 444 g/mol. The molecule has 0 saturated carbocycles. The lowest BCUT2D eigenvalue weighted by atomic mass is 9.92. The number of benzene rings is 1. The maximum atomic E-state index is 12.9. The first-order valence-corrected chi connectivity index (χ1v) is 11.5. The van der Waals surface area contributed by atoms with E-state index in [4.69, 9.17) is 9.47 Å². The van der Waals surface area contributed by atoms with Crippen LogP contribution in [0.15, 0.2) is 41.4 Å². The van der Waals surface area contributed by atoms with Gasteiger partial charge in [0.1, 0.15) is 18.3 Å². The lowest BCUT2D eigenvalue weighted by Crippen LogP contribution is -2.44. The maximum Gasteiger partial charge on any atom is 0.242 e. The predicted octanol–water partition coefficient (Wildman–Crippen LogP) is 1.57. The second kappa shape index (κ2) is 8.16. The zero-order valence-electron chi connectivity index (χ0n) is 17.6. The number of anilines is 1. The molecule has 4 rings (SSSR count). The van der Waals surface area contributed by atoms with Gasteiger partial charge in [-0.3, -0.25) is 0 Å². The first-order valence-electron chi connectivity index (χ1n) is 10.0. The van der Waals surface area contributed by atoms with Crippen molar-refractivity contribution in [2.75, 3.05) is 18.5 Å². The van der Waals surface area contributed by atoms with Crippen molar-refractivity contribution in [3.05, 3.63) is 47.8 Å². The summed E-state index contributed by atoms with van der Waals surface area (Å²) < 4.78 is 40.1. The molecule has 164 valence electrons. The van der Waals surface area contributed by atoms with Crippen LogP contribution in [0, 0.1) is 11.3 Å². The van der Waals surface area contributed by atoms with Crippen LogP contribution in [0.25, 0.3) is 0 Å². The van der Waals surface area contributed by atoms with E-state index in [1.165, 1.54) is 12.1 Å². The van der Waals surface area contributed by atoms with Crippen molar-refractivity contribution in [2.45, 2.75) is 55.4 Å². The average Bonchev–Trinajstić information content (AvgIpc) is 3.31. The Morgan fingerprint density at radius 1 is 1.10 bits per heavy atom. The highest BCUT2D eigenvalue weighted by Crippen LogP contribution is 2.30. The van der Waals surface area contributed by atoms with Crippen molar-refractivity contribution in [1.82, 2.24) is 14.7 Å². The Balaban J connectivity index is 1.46. The summed E-state index contributed by atoms with van der Waals surface area (Å²) in [4.78, 5) is 8.82. The number of fused-ring (bicyclic) bond motifs is 1. The van der Waals surface area contributed by atoms with Gasteiger partial charge in [-0.1, -0.05) is 32.9 Å². The van der Waals surface area contributed by atoms with Gasteiger partial charge < -0.3 is 14.8 Å². The Morgan fingerprint density at radius 2 is 1.77 bits per heavy atom. The van der Waals surface area contributed by atoms with Crippen LogP contribution in [-0.4, -0.2) is 55.9 Å². The molecule has 0 spiro atoms. The van der Waals surface area contributed by atoms with Crippen LogP contribution < -0.4 is 10.0 Å². The predicted molar refractivity (Wildman–Crippen MR) is 113 cm³/mol. The molecule has 0 aliphatic carbocycles. The van der Waals surface area contributed by atoms with E-state index in [1.54, 1.807) is 18.3 Å². The topological polar surface area (TPSA) is 126 Å². The van der Waals surface area contributed by atoms with Gasteiger partial charge in [-0.05, 0) is 18.2 Å². The lowest BCUT2D eigenvalue weighted by Gasteiger charge is -2.21. The summed E-state index contributed by atoms with van der Waals surface area (Å²) in [6, 6.07) is 9.13. The normalized spacial score (nSPS) is 25.7. The SMILES string of the molecule is CC(C)(C)c1ccnc(N[C@@H]2CO[C@@H]3[C@@H]2OC[C@@H]3NS(=O)(=O)c2ccccc2C#N)n1. The van der Waals surface area contributed by atoms with Gasteiger partial charge >= 0.3 is 0 Å². The summed E-state index contributed by atoms with van der Waals surface area (Å²) in [6.07, 6.45) is 0.913. The van der Waals surface area contributed by atoms with Crippen molar-refractivity contribution >= 4 is 16.0 Å². The standard InChI is InChI=1S/C21H25N5O4S/c1-21(2,3)17-8-9-23-20(25-17)24-14-11-29-19-15(12-30-18(14)19)26-31(27,28)16-7-5-4-6-13(16)10-22/h4-9,14-15,18-19,26H,11-12H2,1-3H3,(H,23,24,25)/t14-,15+,18-,19+/m1/s1. The third kappa shape index (κ3) is 4.41. The third-order valence-electron chi connectivity index (χ3n) is 5.40. The van der Waals surface area contributed by atoms with Gasteiger partial charge in [-0.15, -0.1) is 0 Å². The van der Waals surface area contributed by atoms with E-state index in [0.717, 1.165) is 5.69 Å². The minimum Gasteiger partial charge on any atom is -0.371 e. The molecule has 31 heavy (non-hydrogen) atoms. The van der Waals surface area contributed by atoms with Crippen molar-refractivity contribution < 1.29 is 17.9 Å². The van der Waals surface area contributed by atoms with Gasteiger partial charge in [0, 0.05) is 11.6 Å². The van der Waals surface area contributed by atoms with E-state index in [9.17, 15) is 13.7 Å². The fourth-order valence-electron chi connectivity index (χ4n) is 3.79. The molecule has 2 N–H and O–H groups in total. The van der Waals surface area contributed by atoms with Gasteiger partial charge in [-0.25, -0.2) is 23.1 Å². The number of nitrogens with zero attached hydrogens (tertiary/aromatic N) is 3. The molecule has 2 saturated heterocycles. The summed E-state index contributed by atoms with van der Waals surface area (Å²) in [5.41, 5.74) is 0.893. The van der Waals surface area contributed by atoms with E-state index >= 15 is 0 Å². The molecular formula is C21H25N5O4S. The Hall–Kier alpha value is -2.58. The molecule has 0 amide bonds. The molecular weight excluding hydrogens is 418 g/mol. The van der Waals surface area contributed by atoms with E-state index in [2.05, 4.69) is 40.8 Å². The number of hydrogen-bond acceptors (Lipinski definition) is 8. The maximum absolute atomic E-state index is 12.9. The van der Waals surface area contributed by atoms with E-state index < -0.39 is 22.2 Å². The minimum atomic E-state index is -3.90. The molecule has 0 bridgehead atoms. The minimum absolute atomic E-state index is 0.0546. The zero-order chi connectivity index (χ0) is 22.2. The Morgan fingerprint density at radius 3 is 2.48 bits per heavy atom. The van der Waals surface area contributed by atoms with Crippen molar-refractivity contribution in [1.29, 1.82) is 5.26 Å². The second-order valence-corrected chi connectivity index (χ2v) is 10.4. The van der Waals surface area contributed by atoms with Crippen LogP contribution in [0.2, 0.25) is 0 Å². The number of nitriles is 1. The van der Waals surface area contributed by atoms with E-state index in [0.29, 0.717) is 12.6 Å². The Kier molecular flexibility index (Phi) is 5.70. The van der Waals surface area contributed by atoms with E-state index in [-0.39, 0.29) is 34.6 Å². The number of aromatic nitrogens is 2. The summed E-state index contributed by atoms with van der Waals surface area (Å²) in [6.45, 7) is 6.75. The number of hydrogen-bond donors (Lipinski definition) is 2. The van der Waals surface area contributed by atoms with Crippen LogP contribution in [-0.2, 0) is 24.9 Å². The van der Waals surface area contributed by atoms with Crippen LogP contribution in [0.1, 0.15) is 32.0 Å². The van der Waals surface area contributed by atoms with Gasteiger partial charge in [0.2, 0.25) is 16.0 Å². The quantitative estimate of drug-likeness (QED) is 0.713. The van der Waals surface area contributed by atoms with Gasteiger partial charge in [-0.2, -0.15) is 5.26 Å². The Labute approximate surface area is 181 Å². The highest BCUT2D eigenvalue weighted by molar-refractivity contribution is 7.89. The van der Waals surface area contributed by atoms with Crippen molar-refractivity contribution in [3.63, 3.8) is 0 Å². The number of ether oxygens (including phenoxy) is 2. The van der Waals surface area contributed by atoms with Crippen LogP contribution in [0.3, 0.4) is 0 Å². The fourth-order valence-corrected chi connectivity index (χ4v) is 5.18. The van der Waals surface area contributed by atoms with E-state index in [1.807, 2.05) is 12.1 Å². The molecule has 9 nitrogen and oxygen atoms in total. The second-order valence-electron chi connectivity index (χ2n) is 8.70. The molecule has 0 unspecified atom stereocenters. The highest BCUT2D eigenvalue weighted by atomic mass is 32.2. The fraction of sp³-hybridized carbons (Fsp3) is 0.476. The molecule has 2 aromatic rings. The molecule has 10 heteroatoms. The molecule has 1 aromatic carbocycles. The summed E-state index contributed by atoms with van der Waals surface area (Å²) >= 11 is 0. The van der Waals surface area contributed by atoms with Crippen molar-refractivity contribution in [2.24, 2.45) is 0 Å². The zero-order valence-corrected chi connectivity index (χ0v) is 18.4. The molecule has 0 radical (unpaired) electrons. The molecule has 3 heterocycles. The van der Waals surface area contributed by atoms with Gasteiger partial charge in [0.05, 0.1) is 41.5 Å². The lowest BCUT2D eigenvalue weighted by molar-refractivity contribution is 0.0690. The van der Waals surface area contributed by atoms with Crippen molar-refractivity contribution in [3.8, 4) is 6.07 Å². The number of rotatable bonds is 5. The summed E-state index contributed by atoms with van der Waals surface area (Å²) in [7, 11) is -3.90. The number of sulfonamides is 1. The Bertz CT molecular complexity index is 1110. The van der Waals surface area contributed by atoms with Crippen LogP contribution in [0.5, 0.6) is 0 Å². The summed E-state index contributed by atoms with van der Waals surface area (Å²) in [5.74, 6) is 0.484. The molecule has 2 fully saturated rings. The third-order valence-corrected chi connectivity index (χ3v) is 6.94. The molecule has 2 aliphatic rings.